The summed E-state index contributed by atoms with van der Waals surface area (Å²) < 4.78 is 32.6. The van der Waals surface area contributed by atoms with Crippen LogP contribution < -0.4 is 5.32 Å². The quantitative estimate of drug-likeness (QED) is 0.515. The molecule has 136 valence electrons. The van der Waals surface area contributed by atoms with Crippen LogP contribution in [-0.2, 0) is 14.3 Å². The molecule has 0 aliphatic rings. The monoisotopic (exact) mass is 351 g/mol. The molecule has 0 spiro atoms. The normalized spacial score (nSPS) is 13.4. The zero-order chi connectivity index (χ0) is 18.9. The molecule has 0 fully saturated rings. The Labute approximate surface area is 146 Å². The highest BCUT2D eigenvalue weighted by atomic mass is 19.3. The molecule has 0 bridgehead atoms. The van der Waals surface area contributed by atoms with Crippen LogP contribution in [0.15, 0.2) is 55.6 Å². The van der Waals surface area contributed by atoms with Crippen molar-refractivity contribution in [1.82, 2.24) is 5.32 Å². The van der Waals surface area contributed by atoms with Crippen LogP contribution in [-0.4, -0.2) is 24.4 Å². The average molecular weight is 351 g/mol. The SMILES string of the molecule is C=CCC(C)C(=O)OCC(NC(=O)C(F)(F)CC=C)c1ccccc1. The molecule has 0 aromatic heterocycles. The van der Waals surface area contributed by atoms with Gasteiger partial charge in [0.05, 0.1) is 12.0 Å². The van der Waals surface area contributed by atoms with Crippen LogP contribution in [0.2, 0.25) is 0 Å². The summed E-state index contributed by atoms with van der Waals surface area (Å²) in [5.74, 6) is -5.88. The Kier molecular flexibility index (Phi) is 7.98. The number of alkyl halides is 2. The number of amides is 1. The van der Waals surface area contributed by atoms with E-state index in [0.717, 1.165) is 6.08 Å². The first-order valence-corrected chi connectivity index (χ1v) is 7.94. The standard InChI is InChI=1S/C19H23F2NO3/c1-4-9-14(3)17(23)25-13-16(15-10-7-6-8-11-15)22-18(24)19(20,21)12-5-2/h4-8,10-11,14,16H,1-2,9,12-13H2,3H3,(H,22,24). The molecule has 1 aromatic carbocycles. The molecule has 0 aliphatic carbocycles. The Bertz CT molecular complexity index is 602. The second-order valence-electron chi connectivity index (χ2n) is 5.69. The molecule has 25 heavy (non-hydrogen) atoms. The maximum Gasteiger partial charge on any atom is 0.327 e. The Morgan fingerprint density at radius 1 is 1.24 bits per heavy atom. The number of rotatable bonds is 10. The molecule has 2 atom stereocenters. The van der Waals surface area contributed by atoms with Gasteiger partial charge in [0.25, 0.3) is 5.91 Å². The second kappa shape index (κ2) is 9.71. The maximum absolute atomic E-state index is 13.7. The summed E-state index contributed by atoms with van der Waals surface area (Å²) in [4.78, 5) is 23.8. The van der Waals surface area contributed by atoms with Crippen molar-refractivity contribution >= 4 is 11.9 Å². The predicted octanol–water partition coefficient (Wildman–Crippen LogP) is 3.81. The van der Waals surface area contributed by atoms with Gasteiger partial charge >= 0.3 is 11.9 Å². The van der Waals surface area contributed by atoms with E-state index >= 15 is 0 Å². The van der Waals surface area contributed by atoms with Gasteiger partial charge in [-0.1, -0.05) is 49.4 Å². The molecule has 1 N–H and O–H groups in total. The van der Waals surface area contributed by atoms with Crippen molar-refractivity contribution in [3.05, 3.63) is 61.2 Å². The molecule has 0 aliphatic heterocycles. The van der Waals surface area contributed by atoms with Crippen LogP contribution in [0.4, 0.5) is 8.78 Å². The number of esters is 1. The third-order valence-electron chi connectivity index (χ3n) is 3.56. The van der Waals surface area contributed by atoms with E-state index in [-0.39, 0.29) is 6.61 Å². The van der Waals surface area contributed by atoms with Crippen LogP contribution in [0, 0.1) is 5.92 Å². The summed E-state index contributed by atoms with van der Waals surface area (Å²) in [5.41, 5.74) is 0.564. The average Bonchev–Trinajstić information content (AvgIpc) is 2.58. The van der Waals surface area contributed by atoms with E-state index in [1.807, 2.05) is 0 Å². The Morgan fingerprint density at radius 2 is 1.88 bits per heavy atom. The lowest BCUT2D eigenvalue weighted by atomic mass is 10.1. The van der Waals surface area contributed by atoms with E-state index < -0.39 is 36.2 Å². The third-order valence-corrected chi connectivity index (χ3v) is 3.56. The fourth-order valence-electron chi connectivity index (χ4n) is 2.10. The molecule has 0 radical (unpaired) electrons. The van der Waals surface area contributed by atoms with Gasteiger partial charge in [-0.05, 0) is 12.0 Å². The van der Waals surface area contributed by atoms with Gasteiger partial charge in [-0.2, -0.15) is 8.78 Å². The number of hydrogen-bond donors (Lipinski definition) is 1. The van der Waals surface area contributed by atoms with Gasteiger partial charge in [-0.15, -0.1) is 13.2 Å². The number of carbonyl (C=O) groups is 2. The van der Waals surface area contributed by atoms with Gasteiger partial charge in [-0.3, -0.25) is 9.59 Å². The second-order valence-corrected chi connectivity index (χ2v) is 5.69. The summed E-state index contributed by atoms with van der Waals surface area (Å²) in [6.45, 7) is 8.22. The lowest BCUT2D eigenvalue weighted by Gasteiger charge is -2.23. The summed E-state index contributed by atoms with van der Waals surface area (Å²) in [5, 5.41) is 2.25. The highest BCUT2D eigenvalue weighted by Crippen LogP contribution is 2.22. The first-order valence-electron chi connectivity index (χ1n) is 7.94. The predicted molar refractivity (Wildman–Crippen MR) is 92.0 cm³/mol. The molecule has 6 heteroatoms. The van der Waals surface area contributed by atoms with Gasteiger partial charge in [0.1, 0.15) is 6.61 Å². The number of hydrogen-bond acceptors (Lipinski definition) is 3. The van der Waals surface area contributed by atoms with Crippen LogP contribution >= 0.6 is 0 Å². The summed E-state index contributed by atoms with van der Waals surface area (Å²) in [6.07, 6.45) is 2.25. The van der Waals surface area contributed by atoms with Crippen LogP contribution in [0.25, 0.3) is 0 Å². The molecule has 1 aromatic rings. The Balaban J connectivity index is 2.84. The van der Waals surface area contributed by atoms with E-state index in [2.05, 4.69) is 18.5 Å². The van der Waals surface area contributed by atoms with Gasteiger partial charge in [0, 0.05) is 6.42 Å². The van der Waals surface area contributed by atoms with Crippen molar-refractivity contribution in [2.75, 3.05) is 6.61 Å². The van der Waals surface area contributed by atoms with E-state index in [1.165, 1.54) is 0 Å². The molecular formula is C19H23F2NO3. The minimum absolute atomic E-state index is 0.236. The van der Waals surface area contributed by atoms with Crippen molar-refractivity contribution < 1.29 is 23.1 Å². The molecule has 0 heterocycles. The summed E-state index contributed by atoms with van der Waals surface area (Å²) in [6, 6.07) is 7.63. The van der Waals surface area contributed by atoms with E-state index in [1.54, 1.807) is 43.3 Å². The van der Waals surface area contributed by atoms with Crippen LogP contribution in [0.1, 0.15) is 31.4 Å². The van der Waals surface area contributed by atoms with Crippen molar-refractivity contribution in [3.63, 3.8) is 0 Å². The number of nitrogens with one attached hydrogen (secondary N) is 1. The fraction of sp³-hybridized carbons (Fsp3) is 0.368. The van der Waals surface area contributed by atoms with Gasteiger partial charge in [-0.25, -0.2) is 0 Å². The van der Waals surface area contributed by atoms with Gasteiger partial charge in [0.2, 0.25) is 0 Å². The maximum atomic E-state index is 13.7. The molecule has 1 rings (SSSR count). The number of ether oxygens (including phenoxy) is 1. The first kappa shape index (κ1) is 20.5. The van der Waals surface area contributed by atoms with Crippen LogP contribution in [0.3, 0.4) is 0 Å². The molecule has 4 nitrogen and oxygen atoms in total. The number of halogens is 2. The Hall–Kier alpha value is -2.50. The largest absolute Gasteiger partial charge is 0.463 e. The van der Waals surface area contributed by atoms with E-state index in [4.69, 9.17) is 4.74 Å². The van der Waals surface area contributed by atoms with E-state index in [0.29, 0.717) is 12.0 Å². The van der Waals surface area contributed by atoms with Crippen molar-refractivity contribution in [3.8, 4) is 0 Å². The lowest BCUT2D eigenvalue weighted by molar-refractivity contribution is -0.152. The smallest absolute Gasteiger partial charge is 0.327 e. The van der Waals surface area contributed by atoms with Crippen molar-refractivity contribution in [1.29, 1.82) is 0 Å². The number of benzene rings is 1. The minimum atomic E-state index is -3.57. The zero-order valence-electron chi connectivity index (χ0n) is 14.2. The number of carbonyl (C=O) groups excluding carboxylic acids is 2. The molecule has 0 saturated heterocycles. The molecule has 1 amide bonds. The highest BCUT2D eigenvalue weighted by Gasteiger charge is 2.38. The molecule has 2 unspecified atom stereocenters. The van der Waals surface area contributed by atoms with Crippen molar-refractivity contribution in [2.24, 2.45) is 5.92 Å². The third kappa shape index (κ3) is 6.49. The van der Waals surface area contributed by atoms with Crippen molar-refractivity contribution in [2.45, 2.75) is 31.7 Å². The fourth-order valence-corrected chi connectivity index (χ4v) is 2.10. The minimum Gasteiger partial charge on any atom is -0.463 e. The summed E-state index contributed by atoms with van der Waals surface area (Å²) >= 11 is 0. The van der Waals surface area contributed by atoms with Gasteiger partial charge < -0.3 is 10.1 Å². The molecular weight excluding hydrogens is 328 g/mol. The van der Waals surface area contributed by atoms with Gasteiger partial charge in [0.15, 0.2) is 0 Å². The highest BCUT2D eigenvalue weighted by molar-refractivity contribution is 5.84. The zero-order valence-corrected chi connectivity index (χ0v) is 14.2. The van der Waals surface area contributed by atoms with E-state index in [9.17, 15) is 18.4 Å². The lowest BCUT2D eigenvalue weighted by Crippen LogP contribution is -2.43. The Morgan fingerprint density at radius 3 is 2.44 bits per heavy atom. The first-order chi connectivity index (χ1) is 11.8. The number of allylic oxidation sites excluding steroid dienone is 2. The van der Waals surface area contributed by atoms with Crippen LogP contribution in [0.5, 0.6) is 0 Å². The topological polar surface area (TPSA) is 55.4 Å². The summed E-state index contributed by atoms with van der Waals surface area (Å²) in [7, 11) is 0. The molecule has 0 saturated carbocycles.